The number of carboxylic acids is 1. The number of nitrogens with two attached hydrogens (primary N) is 1. The number of benzene rings is 1. The molecule has 3 N–H and O–H groups in total. The Bertz CT molecular complexity index is 1260. The molecule has 7 nitrogen and oxygen atoms in total. The van der Waals surface area contributed by atoms with E-state index in [0.717, 1.165) is 39.8 Å². The molecule has 0 unspecified atom stereocenters. The Hall–Kier alpha value is -3.13. The molecule has 0 bridgehead atoms. The van der Waals surface area contributed by atoms with Crippen molar-refractivity contribution in [3.05, 3.63) is 65.2 Å². The quantitative estimate of drug-likeness (QED) is 0.434. The third-order valence-corrected chi connectivity index (χ3v) is 6.98. The van der Waals surface area contributed by atoms with Crippen molar-refractivity contribution in [1.82, 2.24) is 19.2 Å². The van der Waals surface area contributed by atoms with Crippen LogP contribution in [0.25, 0.3) is 22.5 Å². The van der Waals surface area contributed by atoms with Crippen LogP contribution in [0, 0.1) is 5.92 Å². The van der Waals surface area contributed by atoms with E-state index in [1.54, 1.807) is 10.7 Å². The highest BCUT2D eigenvalue weighted by Crippen LogP contribution is 2.40. The van der Waals surface area contributed by atoms with Crippen molar-refractivity contribution in [1.29, 1.82) is 0 Å². The van der Waals surface area contributed by atoms with Crippen molar-refractivity contribution >= 4 is 33.4 Å². The van der Waals surface area contributed by atoms with Gasteiger partial charge in [-0.25, -0.2) is 4.98 Å². The first-order valence-electron chi connectivity index (χ1n) is 10.3. The van der Waals surface area contributed by atoms with E-state index in [1.165, 1.54) is 0 Å². The maximum atomic E-state index is 11.3. The molecule has 158 valence electrons. The van der Waals surface area contributed by atoms with Gasteiger partial charge < -0.3 is 15.4 Å². The van der Waals surface area contributed by atoms with Crippen molar-refractivity contribution in [2.75, 3.05) is 5.73 Å². The molecule has 0 aliphatic heterocycles. The second-order valence-corrected chi connectivity index (χ2v) is 8.81. The second-order valence-electron chi connectivity index (χ2n) is 8.02. The summed E-state index contributed by atoms with van der Waals surface area (Å²) in [6.07, 6.45) is 8.75. The fourth-order valence-electron chi connectivity index (χ4n) is 4.42. The van der Waals surface area contributed by atoms with Crippen LogP contribution in [0.4, 0.5) is 5.82 Å². The van der Waals surface area contributed by atoms with E-state index < -0.39 is 5.97 Å². The Morgan fingerprint density at radius 1 is 1.13 bits per heavy atom. The number of para-hydroxylation sites is 1. The number of nitrogens with zero attached hydrogens (tertiary/aromatic N) is 4. The number of nitrogen functional groups attached to an aromatic ring is 1. The van der Waals surface area contributed by atoms with Crippen LogP contribution < -0.4 is 5.73 Å². The number of carbonyl (C=O) groups is 1. The van der Waals surface area contributed by atoms with Crippen LogP contribution >= 0.6 is 15.9 Å². The maximum Gasteiger partial charge on any atom is 0.306 e. The number of anilines is 1. The van der Waals surface area contributed by atoms with Gasteiger partial charge in [0.2, 0.25) is 0 Å². The highest BCUT2D eigenvalue weighted by Gasteiger charge is 2.30. The molecule has 0 atom stereocenters. The van der Waals surface area contributed by atoms with Gasteiger partial charge in [0, 0.05) is 35.1 Å². The van der Waals surface area contributed by atoms with Crippen LogP contribution in [-0.2, 0) is 4.79 Å². The van der Waals surface area contributed by atoms with E-state index in [1.807, 2.05) is 30.5 Å². The minimum atomic E-state index is -0.707. The standard InChI is InChI=1S/C23H22BrN5O2/c24-19-20(14-6-8-15(9-7-14)23(30)31)27-22-18(12-26-29(22)21(19)25)16-10-11-28(13-16)17-4-2-1-3-5-17/h1-5,10-15H,6-9,25H2,(H,30,31). The van der Waals surface area contributed by atoms with Crippen molar-refractivity contribution in [2.24, 2.45) is 5.92 Å². The average Bonchev–Trinajstić information content (AvgIpc) is 3.44. The van der Waals surface area contributed by atoms with Gasteiger partial charge in [-0.3, -0.25) is 4.79 Å². The van der Waals surface area contributed by atoms with E-state index >= 15 is 0 Å². The number of rotatable bonds is 4. The van der Waals surface area contributed by atoms with E-state index in [4.69, 9.17) is 10.7 Å². The Morgan fingerprint density at radius 3 is 2.58 bits per heavy atom. The van der Waals surface area contributed by atoms with Crippen LogP contribution in [0.3, 0.4) is 0 Å². The fraction of sp³-hybridized carbons (Fsp3) is 0.261. The van der Waals surface area contributed by atoms with Gasteiger partial charge >= 0.3 is 5.97 Å². The molecule has 1 aliphatic rings. The van der Waals surface area contributed by atoms with Crippen LogP contribution in [0.15, 0.2) is 59.5 Å². The Balaban J connectivity index is 1.53. The van der Waals surface area contributed by atoms with E-state index in [9.17, 15) is 9.90 Å². The molecule has 3 aromatic heterocycles. The molecule has 1 saturated carbocycles. The summed E-state index contributed by atoms with van der Waals surface area (Å²) in [6.45, 7) is 0. The molecule has 1 aliphatic carbocycles. The SMILES string of the molecule is Nc1c(Br)c(C2CCC(C(=O)O)CC2)nc2c(-c3ccn(-c4ccccc4)c3)cnn12. The molecule has 0 spiro atoms. The largest absolute Gasteiger partial charge is 0.481 e. The topological polar surface area (TPSA) is 98.4 Å². The summed E-state index contributed by atoms with van der Waals surface area (Å²) in [7, 11) is 0. The molecule has 0 radical (unpaired) electrons. The first kappa shape index (κ1) is 19.8. The zero-order valence-corrected chi connectivity index (χ0v) is 18.4. The van der Waals surface area contributed by atoms with Crippen molar-refractivity contribution < 1.29 is 9.90 Å². The Kier molecular flexibility index (Phi) is 5.02. The van der Waals surface area contributed by atoms with Gasteiger partial charge in [0.1, 0.15) is 5.82 Å². The van der Waals surface area contributed by atoms with E-state index in [0.29, 0.717) is 24.3 Å². The fourth-order valence-corrected chi connectivity index (χ4v) is 5.00. The highest BCUT2D eigenvalue weighted by atomic mass is 79.9. The van der Waals surface area contributed by atoms with Crippen molar-refractivity contribution in [3.63, 3.8) is 0 Å². The number of aromatic nitrogens is 4. The number of aliphatic carboxylic acids is 1. The molecule has 5 rings (SSSR count). The summed E-state index contributed by atoms with van der Waals surface area (Å²) in [6, 6.07) is 12.2. The van der Waals surface area contributed by atoms with Crippen molar-refractivity contribution in [2.45, 2.75) is 31.6 Å². The molecule has 1 aromatic carbocycles. The predicted molar refractivity (Wildman–Crippen MR) is 122 cm³/mol. The number of halogens is 1. The summed E-state index contributed by atoms with van der Waals surface area (Å²) in [4.78, 5) is 16.3. The van der Waals surface area contributed by atoms with Gasteiger partial charge in [0.25, 0.3) is 0 Å². The van der Waals surface area contributed by atoms with Crippen LogP contribution in [0.2, 0.25) is 0 Å². The smallest absolute Gasteiger partial charge is 0.306 e. The first-order chi connectivity index (χ1) is 15.0. The molecule has 8 heteroatoms. The number of carboxylic acid groups (broad SMARTS) is 1. The zero-order valence-electron chi connectivity index (χ0n) is 16.8. The molecule has 1 fully saturated rings. The summed E-state index contributed by atoms with van der Waals surface area (Å²) in [5.41, 5.74) is 11.0. The van der Waals surface area contributed by atoms with Gasteiger partial charge in [-0.15, -0.1) is 0 Å². The molecule has 0 amide bonds. The number of hydrogen-bond acceptors (Lipinski definition) is 4. The van der Waals surface area contributed by atoms with Crippen molar-refractivity contribution in [3.8, 4) is 16.8 Å². The van der Waals surface area contributed by atoms with E-state index in [-0.39, 0.29) is 11.8 Å². The lowest BCUT2D eigenvalue weighted by Crippen LogP contribution is -2.21. The third kappa shape index (κ3) is 3.50. The lowest BCUT2D eigenvalue weighted by atomic mass is 9.80. The van der Waals surface area contributed by atoms with Crippen LogP contribution in [0.5, 0.6) is 0 Å². The summed E-state index contributed by atoms with van der Waals surface area (Å²) in [5.74, 6) is -0.288. The number of fused-ring (bicyclic) bond motifs is 1. The lowest BCUT2D eigenvalue weighted by molar-refractivity contribution is -0.142. The van der Waals surface area contributed by atoms with Gasteiger partial charge in [-0.05, 0) is 59.8 Å². The first-order valence-corrected chi connectivity index (χ1v) is 11.1. The summed E-state index contributed by atoms with van der Waals surface area (Å²) >= 11 is 3.61. The monoisotopic (exact) mass is 479 g/mol. The normalized spacial score (nSPS) is 19.0. The predicted octanol–water partition coefficient (Wildman–Crippen LogP) is 4.89. The van der Waals surface area contributed by atoms with Gasteiger partial charge in [0.05, 0.1) is 22.3 Å². The highest BCUT2D eigenvalue weighted by molar-refractivity contribution is 9.10. The maximum absolute atomic E-state index is 11.3. The Morgan fingerprint density at radius 2 is 1.87 bits per heavy atom. The number of hydrogen-bond donors (Lipinski definition) is 2. The molecular weight excluding hydrogens is 458 g/mol. The molecular formula is C23H22BrN5O2. The average molecular weight is 480 g/mol. The Labute approximate surface area is 187 Å². The minimum absolute atomic E-state index is 0.175. The zero-order chi connectivity index (χ0) is 21.5. The van der Waals surface area contributed by atoms with Gasteiger partial charge in [-0.1, -0.05) is 18.2 Å². The minimum Gasteiger partial charge on any atom is -0.481 e. The van der Waals surface area contributed by atoms with Gasteiger partial charge in [-0.2, -0.15) is 9.61 Å². The van der Waals surface area contributed by atoms with E-state index in [2.05, 4.69) is 43.9 Å². The second kappa shape index (κ2) is 7.85. The lowest BCUT2D eigenvalue weighted by Gasteiger charge is -2.26. The molecule has 3 heterocycles. The van der Waals surface area contributed by atoms with Crippen LogP contribution in [0.1, 0.15) is 37.3 Å². The third-order valence-electron chi connectivity index (χ3n) is 6.17. The summed E-state index contributed by atoms with van der Waals surface area (Å²) in [5, 5.41) is 13.8. The summed E-state index contributed by atoms with van der Waals surface area (Å²) < 4.78 is 4.47. The van der Waals surface area contributed by atoms with Crippen LogP contribution in [-0.4, -0.2) is 30.2 Å². The van der Waals surface area contributed by atoms with Gasteiger partial charge in [0.15, 0.2) is 5.65 Å². The molecule has 4 aromatic rings. The molecule has 31 heavy (non-hydrogen) atoms. The molecule has 0 saturated heterocycles.